The van der Waals surface area contributed by atoms with Crippen LogP contribution in [0.2, 0.25) is 0 Å². The van der Waals surface area contributed by atoms with Crippen molar-refractivity contribution in [2.24, 2.45) is 0 Å². The minimum atomic E-state index is -1.10. The number of nitrogens with one attached hydrogen (secondary N) is 1. The van der Waals surface area contributed by atoms with Crippen LogP contribution in [0.4, 0.5) is 0 Å². The smallest absolute Gasteiger partial charge is 0.355 e. The number of carboxylic acid groups (broad SMARTS) is 1. The van der Waals surface area contributed by atoms with Crippen LogP contribution in [0.3, 0.4) is 0 Å². The maximum Gasteiger partial charge on any atom is 0.355 e. The number of amides is 2. The van der Waals surface area contributed by atoms with Crippen molar-refractivity contribution in [1.82, 2.24) is 15.2 Å². The zero-order chi connectivity index (χ0) is 18.7. The fourth-order valence-electron chi connectivity index (χ4n) is 2.83. The zero-order valence-corrected chi connectivity index (χ0v) is 14.8. The molecule has 0 saturated carbocycles. The van der Waals surface area contributed by atoms with Gasteiger partial charge in [0.25, 0.3) is 0 Å². The van der Waals surface area contributed by atoms with E-state index in [2.05, 4.69) is 10.3 Å². The Morgan fingerprint density at radius 1 is 1.31 bits per heavy atom. The second kappa shape index (κ2) is 7.49. The van der Waals surface area contributed by atoms with E-state index in [1.807, 2.05) is 30.3 Å². The maximum absolute atomic E-state index is 12.4. The highest BCUT2D eigenvalue weighted by atomic mass is 32.1. The Kier molecular flexibility index (Phi) is 5.13. The fraction of sp³-hybridized carbons (Fsp3) is 0.222. The molecule has 2 heterocycles. The molecule has 26 heavy (non-hydrogen) atoms. The number of fused-ring (bicyclic) bond motifs is 1. The van der Waals surface area contributed by atoms with Gasteiger partial charge in [-0.3, -0.25) is 9.59 Å². The third-order valence-corrected chi connectivity index (χ3v) is 4.90. The number of benzene rings is 1. The van der Waals surface area contributed by atoms with Gasteiger partial charge in [-0.2, -0.15) is 0 Å². The number of rotatable bonds is 5. The Bertz CT molecular complexity index is 890. The third-order valence-electron chi connectivity index (χ3n) is 4.06. The molecule has 7 nitrogen and oxygen atoms in total. The van der Waals surface area contributed by atoms with E-state index in [4.69, 9.17) is 5.11 Å². The maximum atomic E-state index is 12.4. The molecule has 0 fully saturated rings. The van der Waals surface area contributed by atoms with Crippen LogP contribution in [-0.4, -0.2) is 32.8 Å². The molecule has 0 bridgehead atoms. The van der Waals surface area contributed by atoms with E-state index in [9.17, 15) is 14.4 Å². The summed E-state index contributed by atoms with van der Waals surface area (Å²) in [6.07, 6.45) is 3.66. The number of carbonyl (C=O) groups excluding carboxylic acids is 2. The summed E-state index contributed by atoms with van der Waals surface area (Å²) in [7, 11) is 0. The first-order valence-electron chi connectivity index (χ1n) is 7.96. The third kappa shape index (κ3) is 3.80. The van der Waals surface area contributed by atoms with Crippen LogP contribution in [-0.2, 0) is 16.1 Å². The Labute approximate surface area is 154 Å². The van der Waals surface area contributed by atoms with Gasteiger partial charge in [-0.05, 0) is 17.2 Å². The van der Waals surface area contributed by atoms with E-state index in [1.54, 1.807) is 11.1 Å². The van der Waals surface area contributed by atoms with Crippen LogP contribution in [0.1, 0.15) is 46.0 Å². The van der Waals surface area contributed by atoms with E-state index < -0.39 is 5.97 Å². The largest absolute Gasteiger partial charge is 0.476 e. The molecule has 1 atom stereocenters. The Hall–Kier alpha value is -3.00. The van der Waals surface area contributed by atoms with Crippen molar-refractivity contribution in [1.29, 1.82) is 0 Å². The summed E-state index contributed by atoms with van der Waals surface area (Å²) in [6.45, 7) is 1.62. The molecule has 1 aliphatic rings. The van der Waals surface area contributed by atoms with Crippen LogP contribution in [0.5, 0.6) is 0 Å². The lowest BCUT2D eigenvalue weighted by Gasteiger charge is -2.32. The first-order chi connectivity index (χ1) is 12.5. The summed E-state index contributed by atoms with van der Waals surface area (Å²) in [4.78, 5) is 40.6. The van der Waals surface area contributed by atoms with Crippen molar-refractivity contribution in [2.75, 3.05) is 0 Å². The van der Waals surface area contributed by atoms with Gasteiger partial charge in [0, 0.05) is 18.5 Å². The van der Waals surface area contributed by atoms with Crippen LogP contribution >= 0.6 is 11.3 Å². The lowest BCUT2D eigenvalue weighted by molar-refractivity contribution is -0.130. The van der Waals surface area contributed by atoms with Crippen LogP contribution in [0.25, 0.3) is 6.08 Å². The van der Waals surface area contributed by atoms with Gasteiger partial charge in [0.2, 0.25) is 11.8 Å². The summed E-state index contributed by atoms with van der Waals surface area (Å²) in [6, 6.07) is 7.26. The highest BCUT2D eigenvalue weighted by molar-refractivity contribution is 7.09. The van der Waals surface area contributed by atoms with Gasteiger partial charge in [-0.1, -0.05) is 24.3 Å². The summed E-state index contributed by atoms with van der Waals surface area (Å²) >= 11 is 1.18. The highest BCUT2D eigenvalue weighted by Gasteiger charge is 2.28. The fourth-order valence-corrected chi connectivity index (χ4v) is 3.53. The molecule has 0 aliphatic carbocycles. The normalized spacial score (nSPS) is 15.4. The Balaban J connectivity index is 1.69. The van der Waals surface area contributed by atoms with Crippen molar-refractivity contribution < 1.29 is 19.5 Å². The van der Waals surface area contributed by atoms with Crippen LogP contribution in [0, 0.1) is 0 Å². The second-order valence-electron chi connectivity index (χ2n) is 5.80. The molecule has 134 valence electrons. The van der Waals surface area contributed by atoms with Crippen molar-refractivity contribution >= 4 is 35.2 Å². The molecule has 0 saturated heterocycles. The first-order valence-corrected chi connectivity index (χ1v) is 8.84. The lowest BCUT2D eigenvalue weighted by Crippen LogP contribution is -2.35. The topological polar surface area (TPSA) is 99.6 Å². The second-order valence-corrected chi connectivity index (χ2v) is 6.74. The molecular weight excluding hydrogens is 354 g/mol. The molecule has 1 aromatic carbocycles. The standard InChI is InChI=1S/C18H17N3O4S/c1-11(22)21-7-6-12-4-2-3-5-13(12)15(21)8-16(23)19-9-17-20-14(10-26-17)18(24)25/h2-7,10,15H,8-9H2,1H3,(H,19,23)(H,24,25). The van der Waals surface area contributed by atoms with Crippen LogP contribution < -0.4 is 5.32 Å². The number of thiazole rings is 1. The van der Waals surface area contributed by atoms with Gasteiger partial charge >= 0.3 is 5.97 Å². The van der Waals surface area contributed by atoms with E-state index in [1.165, 1.54) is 23.6 Å². The number of nitrogens with zero attached hydrogens (tertiary/aromatic N) is 2. The van der Waals surface area contributed by atoms with Gasteiger partial charge in [-0.15, -0.1) is 11.3 Å². The van der Waals surface area contributed by atoms with E-state index in [0.29, 0.717) is 5.01 Å². The van der Waals surface area contributed by atoms with Crippen molar-refractivity contribution in [3.8, 4) is 0 Å². The SMILES string of the molecule is CC(=O)N1C=Cc2ccccc2C1CC(=O)NCc1nc(C(=O)O)cs1. The van der Waals surface area contributed by atoms with E-state index in [-0.39, 0.29) is 36.5 Å². The average Bonchev–Trinajstić information content (AvgIpc) is 3.09. The quantitative estimate of drug-likeness (QED) is 0.841. The summed E-state index contributed by atoms with van der Waals surface area (Å²) in [5.41, 5.74) is 1.87. The van der Waals surface area contributed by atoms with Gasteiger partial charge in [0.05, 0.1) is 19.0 Å². The van der Waals surface area contributed by atoms with Crippen LogP contribution in [0.15, 0.2) is 35.8 Å². The van der Waals surface area contributed by atoms with Crippen molar-refractivity contribution in [2.45, 2.75) is 25.9 Å². The average molecular weight is 371 g/mol. The molecule has 1 unspecified atom stereocenters. The molecule has 1 aliphatic heterocycles. The molecule has 0 radical (unpaired) electrons. The molecule has 3 rings (SSSR count). The van der Waals surface area contributed by atoms with Gasteiger partial charge < -0.3 is 15.3 Å². The van der Waals surface area contributed by atoms with Gasteiger partial charge in [0.1, 0.15) is 5.01 Å². The first kappa shape index (κ1) is 17.8. The Morgan fingerprint density at radius 3 is 2.77 bits per heavy atom. The molecule has 2 amide bonds. The predicted octanol–water partition coefficient (Wildman–Crippen LogP) is 2.42. The molecule has 1 aromatic heterocycles. The number of hydrogen-bond acceptors (Lipinski definition) is 5. The number of hydrogen-bond donors (Lipinski definition) is 2. The van der Waals surface area contributed by atoms with Gasteiger partial charge in [-0.25, -0.2) is 9.78 Å². The molecular formula is C18H17N3O4S. The summed E-state index contributed by atoms with van der Waals surface area (Å²) < 4.78 is 0. The number of carbonyl (C=O) groups is 3. The molecule has 8 heteroatoms. The number of aromatic nitrogens is 1. The number of aromatic carboxylic acids is 1. The summed E-state index contributed by atoms with van der Waals surface area (Å²) in [5.74, 6) is -1.47. The molecule has 2 aromatic rings. The minimum Gasteiger partial charge on any atom is -0.476 e. The molecule has 0 spiro atoms. The molecule has 2 N–H and O–H groups in total. The zero-order valence-electron chi connectivity index (χ0n) is 14.0. The van der Waals surface area contributed by atoms with Crippen molar-refractivity contribution in [3.63, 3.8) is 0 Å². The number of carboxylic acids is 1. The van der Waals surface area contributed by atoms with Crippen molar-refractivity contribution in [3.05, 3.63) is 57.7 Å². The Morgan fingerprint density at radius 2 is 2.08 bits per heavy atom. The van der Waals surface area contributed by atoms with Gasteiger partial charge in [0.15, 0.2) is 5.69 Å². The highest BCUT2D eigenvalue weighted by Crippen LogP contribution is 2.32. The van der Waals surface area contributed by atoms with E-state index >= 15 is 0 Å². The lowest BCUT2D eigenvalue weighted by atomic mass is 9.93. The van der Waals surface area contributed by atoms with E-state index in [0.717, 1.165) is 11.1 Å². The summed E-state index contributed by atoms with van der Waals surface area (Å²) in [5, 5.41) is 13.6. The minimum absolute atomic E-state index is 0.0339. The monoisotopic (exact) mass is 371 g/mol. The predicted molar refractivity (Wildman–Crippen MR) is 96.3 cm³/mol.